The van der Waals surface area contributed by atoms with E-state index in [0.29, 0.717) is 30.8 Å². The lowest BCUT2D eigenvalue weighted by Crippen LogP contribution is -2.39. The molecule has 0 bridgehead atoms. The van der Waals surface area contributed by atoms with Gasteiger partial charge in [-0.2, -0.15) is 5.10 Å². The molecule has 0 fully saturated rings. The van der Waals surface area contributed by atoms with Crippen molar-refractivity contribution in [2.45, 2.75) is 32.7 Å². The van der Waals surface area contributed by atoms with Crippen molar-refractivity contribution >= 4 is 33.6 Å². The van der Waals surface area contributed by atoms with E-state index in [1.807, 2.05) is 36.4 Å². The molecule has 0 unspecified atom stereocenters. The number of ether oxygens (including phenoxy) is 1. The van der Waals surface area contributed by atoms with Gasteiger partial charge in [0.15, 0.2) is 5.69 Å². The van der Waals surface area contributed by atoms with Crippen molar-refractivity contribution in [1.82, 2.24) is 14.7 Å². The van der Waals surface area contributed by atoms with Crippen molar-refractivity contribution in [2.24, 2.45) is 0 Å². The number of unbranched alkanes of at least 4 members (excludes halogenated alkanes) is 1. The van der Waals surface area contributed by atoms with Gasteiger partial charge in [-0.05, 0) is 55.0 Å². The van der Waals surface area contributed by atoms with Crippen LogP contribution in [-0.4, -0.2) is 44.9 Å². The quantitative estimate of drug-likeness (QED) is 0.429. The number of rotatable bonds is 7. The second-order valence-corrected chi connectivity index (χ2v) is 8.71. The number of carbonyl (C=O) groups is 2. The number of carboxylic acid groups (broad SMARTS) is 1. The van der Waals surface area contributed by atoms with Crippen molar-refractivity contribution in [3.8, 4) is 11.4 Å². The third kappa shape index (κ3) is 5.19. The molecule has 0 saturated heterocycles. The molecule has 2 aromatic carbocycles. The summed E-state index contributed by atoms with van der Waals surface area (Å²) in [6.07, 6.45) is 2.56. The Hall–Kier alpha value is -3.33. The van der Waals surface area contributed by atoms with E-state index in [9.17, 15) is 14.7 Å². The Kier molecular flexibility index (Phi) is 6.98. The first-order valence-corrected chi connectivity index (χ1v) is 11.6. The first-order chi connectivity index (χ1) is 16.0. The summed E-state index contributed by atoms with van der Waals surface area (Å²) in [5.41, 5.74) is 2.77. The van der Waals surface area contributed by atoms with Crippen LogP contribution in [-0.2, 0) is 13.0 Å². The number of hydrogen-bond acceptors (Lipinski definition) is 4. The second kappa shape index (κ2) is 10.1. The Balaban J connectivity index is 1.48. The van der Waals surface area contributed by atoms with E-state index in [1.165, 1.54) is 0 Å². The van der Waals surface area contributed by atoms with Gasteiger partial charge >= 0.3 is 12.0 Å². The van der Waals surface area contributed by atoms with E-state index >= 15 is 0 Å². The average molecular weight is 513 g/mol. The number of carboxylic acids is 1. The summed E-state index contributed by atoms with van der Waals surface area (Å²) in [6, 6.07) is 14.5. The standard InChI is InChI=1S/C24H25BrN4O4/c1-2-3-14-33-19-10-6-17(7-11-19)26-24(32)28-13-12-21-20(15-28)22(23(30)31)27-29(21)18-8-4-16(25)5-9-18/h4-11H,2-3,12-15H2,1H3,(H,26,32)(H,30,31). The van der Waals surface area contributed by atoms with E-state index in [0.717, 1.165) is 34.4 Å². The molecule has 1 aromatic heterocycles. The lowest BCUT2D eigenvalue weighted by atomic mass is 10.1. The molecule has 8 nitrogen and oxygen atoms in total. The average Bonchev–Trinajstić information content (AvgIpc) is 3.20. The van der Waals surface area contributed by atoms with Crippen molar-refractivity contribution in [1.29, 1.82) is 0 Å². The Morgan fingerprint density at radius 2 is 1.88 bits per heavy atom. The molecule has 0 saturated carbocycles. The number of aromatic nitrogens is 2. The zero-order chi connectivity index (χ0) is 23.4. The fraction of sp³-hybridized carbons (Fsp3) is 0.292. The Morgan fingerprint density at radius 3 is 2.55 bits per heavy atom. The Bertz CT molecular complexity index is 1140. The lowest BCUT2D eigenvalue weighted by molar-refractivity contribution is 0.0687. The highest BCUT2D eigenvalue weighted by Crippen LogP contribution is 2.27. The minimum atomic E-state index is -1.11. The molecule has 3 aromatic rings. The molecule has 33 heavy (non-hydrogen) atoms. The maximum atomic E-state index is 12.9. The fourth-order valence-electron chi connectivity index (χ4n) is 3.73. The molecule has 172 valence electrons. The smallest absolute Gasteiger partial charge is 0.356 e. The summed E-state index contributed by atoms with van der Waals surface area (Å²) < 4.78 is 8.24. The molecule has 0 spiro atoms. The fourth-order valence-corrected chi connectivity index (χ4v) is 4.00. The van der Waals surface area contributed by atoms with Crippen molar-refractivity contribution < 1.29 is 19.4 Å². The summed E-state index contributed by atoms with van der Waals surface area (Å²) in [6.45, 7) is 3.41. The van der Waals surface area contributed by atoms with Crippen LogP contribution in [0.4, 0.5) is 10.5 Å². The van der Waals surface area contributed by atoms with Crippen LogP contribution in [0.1, 0.15) is 41.5 Å². The number of carbonyl (C=O) groups excluding carboxylic acids is 1. The van der Waals surface area contributed by atoms with E-state index in [1.54, 1.807) is 21.7 Å². The Morgan fingerprint density at radius 1 is 1.15 bits per heavy atom. The van der Waals surface area contributed by atoms with Gasteiger partial charge in [0.2, 0.25) is 0 Å². The van der Waals surface area contributed by atoms with Gasteiger partial charge < -0.3 is 20.1 Å². The molecular weight excluding hydrogens is 488 g/mol. The highest BCUT2D eigenvalue weighted by molar-refractivity contribution is 9.10. The molecule has 0 atom stereocenters. The minimum Gasteiger partial charge on any atom is -0.494 e. The first kappa shape index (κ1) is 22.8. The number of anilines is 1. The molecule has 1 aliphatic heterocycles. The number of fused-ring (bicyclic) bond motifs is 1. The summed E-state index contributed by atoms with van der Waals surface area (Å²) in [5.74, 6) is -0.349. The van der Waals surface area contributed by atoms with E-state index in [-0.39, 0.29) is 18.3 Å². The number of nitrogens with zero attached hydrogens (tertiary/aromatic N) is 3. The molecule has 4 rings (SSSR count). The summed E-state index contributed by atoms with van der Waals surface area (Å²) in [7, 11) is 0. The second-order valence-electron chi connectivity index (χ2n) is 7.80. The van der Waals surface area contributed by atoms with Crippen LogP contribution < -0.4 is 10.1 Å². The molecule has 0 radical (unpaired) electrons. The monoisotopic (exact) mass is 512 g/mol. The summed E-state index contributed by atoms with van der Waals surface area (Å²) >= 11 is 3.41. The van der Waals surface area contributed by atoms with Crippen LogP contribution in [0, 0.1) is 0 Å². The molecule has 1 aliphatic rings. The third-order valence-corrected chi connectivity index (χ3v) is 6.02. The molecule has 2 heterocycles. The van der Waals surface area contributed by atoms with Gasteiger partial charge in [0.1, 0.15) is 5.75 Å². The van der Waals surface area contributed by atoms with Crippen LogP contribution >= 0.6 is 15.9 Å². The van der Waals surface area contributed by atoms with Gasteiger partial charge in [-0.1, -0.05) is 29.3 Å². The molecule has 2 amide bonds. The number of nitrogens with one attached hydrogen (secondary N) is 1. The van der Waals surface area contributed by atoms with E-state index in [4.69, 9.17) is 4.74 Å². The predicted molar refractivity (Wildman–Crippen MR) is 128 cm³/mol. The number of halogens is 1. The van der Waals surface area contributed by atoms with E-state index in [2.05, 4.69) is 33.3 Å². The van der Waals surface area contributed by atoms with Crippen molar-refractivity contribution in [3.63, 3.8) is 0 Å². The van der Waals surface area contributed by atoms with Gasteiger partial charge in [0, 0.05) is 28.7 Å². The van der Waals surface area contributed by atoms with Crippen LogP contribution in [0.3, 0.4) is 0 Å². The van der Waals surface area contributed by atoms with Gasteiger partial charge in [0.25, 0.3) is 0 Å². The van der Waals surface area contributed by atoms with Gasteiger partial charge in [-0.25, -0.2) is 14.3 Å². The maximum Gasteiger partial charge on any atom is 0.356 e. The first-order valence-electron chi connectivity index (χ1n) is 10.8. The van der Waals surface area contributed by atoms with Gasteiger partial charge in [0.05, 0.1) is 24.5 Å². The summed E-state index contributed by atoms with van der Waals surface area (Å²) in [4.78, 5) is 26.3. The topological polar surface area (TPSA) is 96.7 Å². The van der Waals surface area contributed by atoms with Crippen molar-refractivity contribution in [3.05, 3.63) is 70.0 Å². The minimum absolute atomic E-state index is 0.0287. The van der Waals surface area contributed by atoms with Gasteiger partial charge in [-0.15, -0.1) is 0 Å². The van der Waals surface area contributed by atoms with Crippen molar-refractivity contribution in [2.75, 3.05) is 18.5 Å². The van der Waals surface area contributed by atoms with Crippen LogP contribution in [0.5, 0.6) is 5.75 Å². The van der Waals surface area contributed by atoms with Crippen LogP contribution in [0.25, 0.3) is 5.69 Å². The highest BCUT2D eigenvalue weighted by atomic mass is 79.9. The summed E-state index contributed by atoms with van der Waals surface area (Å²) in [5, 5.41) is 16.9. The Labute approximate surface area is 200 Å². The normalized spacial score (nSPS) is 12.8. The molecular formula is C24H25BrN4O4. The third-order valence-electron chi connectivity index (χ3n) is 5.49. The van der Waals surface area contributed by atoms with E-state index < -0.39 is 5.97 Å². The van der Waals surface area contributed by atoms with Crippen LogP contribution in [0.15, 0.2) is 53.0 Å². The lowest BCUT2D eigenvalue weighted by Gasteiger charge is -2.28. The zero-order valence-corrected chi connectivity index (χ0v) is 19.8. The number of hydrogen-bond donors (Lipinski definition) is 2. The molecule has 9 heteroatoms. The zero-order valence-electron chi connectivity index (χ0n) is 18.3. The number of aromatic carboxylic acids is 1. The predicted octanol–water partition coefficient (Wildman–Crippen LogP) is 5.10. The number of amides is 2. The SMILES string of the molecule is CCCCOc1ccc(NC(=O)N2CCc3c(c(C(=O)O)nn3-c3ccc(Br)cc3)C2)cc1. The van der Waals surface area contributed by atoms with Crippen LogP contribution in [0.2, 0.25) is 0 Å². The molecule has 0 aliphatic carbocycles. The maximum absolute atomic E-state index is 12.9. The number of urea groups is 1. The molecule has 2 N–H and O–H groups in total. The number of benzene rings is 2. The highest BCUT2D eigenvalue weighted by Gasteiger charge is 2.30. The van der Waals surface area contributed by atoms with Gasteiger partial charge in [-0.3, -0.25) is 0 Å². The largest absolute Gasteiger partial charge is 0.494 e.